The van der Waals surface area contributed by atoms with Crippen LogP contribution in [0.5, 0.6) is 0 Å². The summed E-state index contributed by atoms with van der Waals surface area (Å²) < 4.78 is 0. The van der Waals surface area contributed by atoms with E-state index < -0.39 is 4.92 Å². The number of nitrogen functional groups attached to an aromatic ring is 1. The van der Waals surface area contributed by atoms with Crippen molar-refractivity contribution in [1.82, 2.24) is 9.97 Å². The molecule has 2 aromatic heterocycles. The molecule has 2 rings (SSSR count). The molecule has 0 saturated carbocycles. The Morgan fingerprint density at radius 1 is 1.44 bits per heavy atom. The van der Waals surface area contributed by atoms with Crippen LogP contribution < -0.4 is 16.6 Å². The molecule has 4 N–H and O–H groups in total. The molecule has 2 heterocycles. The van der Waals surface area contributed by atoms with Crippen LogP contribution in [-0.2, 0) is 6.54 Å². The molecule has 94 valence electrons. The van der Waals surface area contributed by atoms with E-state index in [9.17, 15) is 10.1 Å². The van der Waals surface area contributed by atoms with Crippen LogP contribution >= 0.6 is 11.3 Å². The van der Waals surface area contributed by atoms with Crippen molar-refractivity contribution in [3.8, 4) is 0 Å². The molecular formula is C9H10N6O2S. The van der Waals surface area contributed by atoms with Gasteiger partial charge in [-0.1, -0.05) is 6.07 Å². The number of hydrazine groups is 1. The quantitative estimate of drug-likeness (QED) is 0.424. The Labute approximate surface area is 106 Å². The number of hydrogen-bond acceptors (Lipinski definition) is 8. The Kier molecular flexibility index (Phi) is 3.65. The minimum Gasteiger partial charge on any atom is -0.359 e. The van der Waals surface area contributed by atoms with Crippen LogP contribution in [0.1, 0.15) is 4.88 Å². The summed E-state index contributed by atoms with van der Waals surface area (Å²) in [5.74, 6) is 5.29. The Bertz CT molecular complexity index is 544. The summed E-state index contributed by atoms with van der Waals surface area (Å²) in [6.45, 7) is 0.458. The minimum absolute atomic E-state index is 0.0244. The van der Waals surface area contributed by atoms with Gasteiger partial charge in [-0.05, 0) is 11.4 Å². The van der Waals surface area contributed by atoms with Gasteiger partial charge in [0.25, 0.3) is 0 Å². The zero-order valence-corrected chi connectivity index (χ0v) is 9.98. The second-order valence-electron chi connectivity index (χ2n) is 3.25. The maximum Gasteiger partial charge on any atom is 0.354 e. The van der Waals surface area contributed by atoms with Crippen molar-refractivity contribution in [2.24, 2.45) is 5.84 Å². The van der Waals surface area contributed by atoms with Gasteiger partial charge in [-0.2, -0.15) is 0 Å². The van der Waals surface area contributed by atoms with Crippen LogP contribution in [0.3, 0.4) is 0 Å². The van der Waals surface area contributed by atoms with E-state index in [1.54, 1.807) is 11.3 Å². The second-order valence-corrected chi connectivity index (χ2v) is 4.29. The van der Waals surface area contributed by atoms with E-state index in [0.29, 0.717) is 6.54 Å². The maximum absolute atomic E-state index is 11.0. The number of aromatic nitrogens is 2. The standard InChI is InChI=1S/C9H10N6O2S/c10-14-9-7(15(16)17)8(12-5-13-9)11-4-6-2-1-3-18-6/h1-3,5H,4,10H2,(H2,11,12,13,14). The highest BCUT2D eigenvalue weighted by atomic mass is 32.1. The number of anilines is 2. The fraction of sp³-hybridized carbons (Fsp3) is 0.111. The summed E-state index contributed by atoms with van der Waals surface area (Å²) in [5, 5.41) is 15.8. The zero-order chi connectivity index (χ0) is 13.0. The second kappa shape index (κ2) is 5.38. The molecule has 0 spiro atoms. The lowest BCUT2D eigenvalue weighted by atomic mass is 10.4. The molecule has 8 nitrogen and oxygen atoms in total. The molecule has 18 heavy (non-hydrogen) atoms. The Morgan fingerprint density at radius 3 is 2.83 bits per heavy atom. The number of nitrogens with zero attached hydrogens (tertiary/aromatic N) is 3. The zero-order valence-electron chi connectivity index (χ0n) is 9.16. The molecule has 0 aliphatic heterocycles. The van der Waals surface area contributed by atoms with Crippen molar-refractivity contribution >= 4 is 28.7 Å². The van der Waals surface area contributed by atoms with Crippen LogP contribution in [0.15, 0.2) is 23.8 Å². The van der Waals surface area contributed by atoms with E-state index in [0.717, 1.165) is 4.88 Å². The van der Waals surface area contributed by atoms with E-state index >= 15 is 0 Å². The van der Waals surface area contributed by atoms with Gasteiger partial charge < -0.3 is 10.7 Å². The molecule has 0 fully saturated rings. The summed E-state index contributed by atoms with van der Waals surface area (Å²) in [5.41, 5.74) is 1.91. The monoisotopic (exact) mass is 266 g/mol. The first-order chi connectivity index (χ1) is 8.72. The normalized spacial score (nSPS) is 10.1. The summed E-state index contributed by atoms with van der Waals surface area (Å²) in [7, 11) is 0. The maximum atomic E-state index is 11.0. The topological polar surface area (TPSA) is 119 Å². The smallest absolute Gasteiger partial charge is 0.354 e. The Balaban J connectivity index is 2.24. The molecule has 0 saturated heterocycles. The number of nitrogens with one attached hydrogen (secondary N) is 2. The lowest BCUT2D eigenvalue weighted by Gasteiger charge is -2.06. The lowest BCUT2D eigenvalue weighted by molar-refractivity contribution is -0.383. The molecule has 0 amide bonds. The number of hydrogen-bond donors (Lipinski definition) is 3. The van der Waals surface area contributed by atoms with Gasteiger partial charge in [0.05, 0.1) is 11.5 Å². The van der Waals surface area contributed by atoms with Gasteiger partial charge in [-0.15, -0.1) is 11.3 Å². The van der Waals surface area contributed by atoms with Gasteiger partial charge in [0.1, 0.15) is 6.33 Å². The summed E-state index contributed by atoms with van der Waals surface area (Å²) in [6, 6.07) is 3.83. The first kappa shape index (κ1) is 12.2. The molecular weight excluding hydrogens is 256 g/mol. The van der Waals surface area contributed by atoms with E-state index in [-0.39, 0.29) is 17.3 Å². The highest BCUT2D eigenvalue weighted by Gasteiger charge is 2.22. The van der Waals surface area contributed by atoms with E-state index in [2.05, 4.69) is 20.7 Å². The first-order valence-corrected chi connectivity index (χ1v) is 5.82. The molecule has 0 radical (unpaired) electrons. The van der Waals surface area contributed by atoms with Crippen molar-refractivity contribution in [3.63, 3.8) is 0 Å². The van der Waals surface area contributed by atoms with Gasteiger partial charge in [0.15, 0.2) is 0 Å². The van der Waals surface area contributed by atoms with E-state index in [4.69, 9.17) is 5.84 Å². The van der Waals surface area contributed by atoms with Crippen molar-refractivity contribution < 1.29 is 4.92 Å². The molecule has 2 aromatic rings. The van der Waals surface area contributed by atoms with E-state index in [1.165, 1.54) is 6.33 Å². The van der Waals surface area contributed by atoms with Gasteiger partial charge in [-0.3, -0.25) is 10.1 Å². The number of rotatable bonds is 5. The summed E-state index contributed by atoms with van der Waals surface area (Å²) in [4.78, 5) is 19.0. The van der Waals surface area contributed by atoms with Crippen molar-refractivity contribution in [2.75, 3.05) is 10.7 Å². The number of thiophene rings is 1. The Hall–Kier alpha value is -2.26. The van der Waals surface area contributed by atoms with Crippen LogP contribution in [0, 0.1) is 10.1 Å². The molecule has 0 unspecified atom stereocenters. The van der Waals surface area contributed by atoms with Gasteiger partial charge in [-0.25, -0.2) is 15.8 Å². The molecule has 0 atom stereocenters. The average Bonchev–Trinajstić information content (AvgIpc) is 2.88. The highest BCUT2D eigenvalue weighted by molar-refractivity contribution is 7.09. The summed E-state index contributed by atoms with van der Waals surface area (Å²) in [6.07, 6.45) is 1.21. The summed E-state index contributed by atoms with van der Waals surface area (Å²) >= 11 is 1.55. The third-order valence-electron chi connectivity index (χ3n) is 2.15. The largest absolute Gasteiger partial charge is 0.359 e. The predicted molar refractivity (Wildman–Crippen MR) is 68.1 cm³/mol. The molecule has 0 bridgehead atoms. The number of nitrogens with two attached hydrogens (primary N) is 1. The van der Waals surface area contributed by atoms with Crippen LogP contribution in [0.2, 0.25) is 0 Å². The van der Waals surface area contributed by atoms with Crippen molar-refractivity contribution in [1.29, 1.82) is 0 Å². The van der Waals surface area contributed by atoms with Crippen LogP contribution in [-0.4, -0.2) is 14.9 Å². The molecule has 0 aliphatic rings. The van der Waals surface area contributed by atoms with Gasteiger partial charge in [0, 0.05) is 4.88 Å². The third-order valence-corrected chi connectivity index (χ3v) is 3.03. The predicted octanol–water partition coefficient (Wildman–Crippen LogP) is 1.34. The molecule has 9 heteroatoms. The fourth-order valence-electron chi connectivity index (χ4n) is 1.37. The molecule has 0 aromatic carbocycles. The minimum atomic E-state index is -0.577. The van der Waals surface area contributed by atoms with Crippen LogP contribution in [0.4, 0.5) is 17.3 Å². The fourth-order valence-corrected chi connectivity index (χ4v) is 2.02. The van der Waals surface area contributed by atoms with Gasteiger partial charge >= 0.3 is 5.69 Å². The SMILES string of the molecule is NNc1ncnc(NCc2cccs2)c1[N+](=O)[O-]. The van der Waals surface area contributed by atoms with Crippen molar-refractivity contribution in [2.45, 2.75) is 6.54 Å². The third kappa shape index (κ3) is 2.52. The van der Waals surface area contributed by atoms with Crippen molar-refractivity contribution in [3.05, 3.63) is 38.8 Å². The highest BCUT2D eigenvalue weighted by Crippen LogP contribution is 2.28. The number of nitro groups is 1. The van der Waals surface area contributed by atoms with E-state index in [1.807, 2.05) is 17.5 Å². The lowest BCUT2D eigenvalue weighted by Crippen LogP contribution is -2.13. The first-order valence-electron chi connectivity index (χ1n) is 4.94. The Morgan fingerprint density at radius 2 is 2.22 bits per heavy atom. The van der Waals surface area contributed by atoms with Gasteiger partial charge in [0.2, 0.25) is 11.6 Å². The van der Waals surface area contributed by atoms with Crippen LogP contribution in [0.25, 0.3) is 0 Å². The average molecular weight is 266 g/mol. The molecule has 0 aliphatic carbocycles.